The summed E-state index contributed by atoms with van der Waals surface area (Å²) >= 11 is 0. The smallest absolute Gasteiger partial charge is 0.0676 e. The number of aliphatic hydroxyl groups is 1. The Morgan fingerprint density at radius 3 is 2.57 bits per heavy atom. The van der Waals surface area contributed by atoms with E-state index in [2.05, 4.69) is 0 Å². The number of fused-ring (bicyclic) bond motifs is 2. The van der Waals surface area contributed by atoms with E-state index in [1.165, 1.54) is 25.7 Å². The summed E-state index contributed by atoms with van der Waals surface area (Å²) in [6.45, 7) is 2.03. The fourth-order valence-corrected chi connectivity index (χ4v) is 3.35. The average Bonchev–Trinajstić information content (AvgIpc) is 2.70. The fourth-order valence-electron chi connectivity index (χ4n) is 3.35. The summed E-state index contributed by atoms with van der Waals surface area (Å²) in [5.41, 5.74) is -0.457. The highest BCUT2D eigenvalue weighted by Gasteiger charge is 2.50. The summed E-state index contributed by atoms with van der Waals surface area (Å²) in [4.78, 5) is 0. The van der Waals surface area contributed by atoms with Crippen LogP contribution >= 0.6 is 0 Å². The van der Waals surface area contributed by atoms with Gasteiger partial charge in [-0.1, -0.05) is 12.8 Å². The largest absolute Gasteiger partial charge is 0.390 e. The molecule has 4 atom stereocenters. The zero-order valence-electron chi connectivity index (χ0n) is 8.91. The Morgan fingerprint density at radius 2 is 2.07 bits per heavy atom. The molecule has 2 heterocycles. The predicted octanol–water partition coefficient (Wildman–Crippen LogP) is 2.10. The van der Waals surface area contributed by atoms with E-state index in [0.717, 1.165) is 18.8 Å². The summed E-state index contributed by atoms with van der Waals surface area (Å²) in [5, 5.41) is 10.5. The molecule has 0 aromatic carbocycles. The normalized spacial score (nSPS) is 45.4. The molecular formula is C12H20O2. The zero-order chi connectivity index (χ0) is 9.76. The minimum Gasteiger partial charge on any atom is -0.390 e. The van der Waals surface area contributed by atoms with Gasteiger partial charge in [0.25, 0.3) is 0 Å². The van der Waals surface area contributed by atoms with Crippen molar-refractivity contribution in [3.05, 3.63) is 0 Å². The van der Waals surface area contributed by atoms with Crippen LogP contribution in [0.3, 0.4) is 0 Å². The standard InChI is InChI=1S/C12H20O2/c1-12(13,7-8-2-3-8)10-6-9-4-5-11(10)14-9/h8-11,13H,2-7H2,1H3. The summed E-state index contributed by atoms with van der Waals surface area (Å²) < 4.78 is 5.81. The Hall–Kier alpha value is -0.0800. The van der Waals surface area contributed by atoms with Crippen molar-refractivity contribution in [1.82, 2.24) is 0 Å². The molecule has 0 aromatic rings. The van der Waals surface area contributed by atoms with Gasteiger partial charge in [-0.05, 0) is 38.5 Å². The molecule has 2 heteroatoms. The van der Waals surface area contributed by atoms with Crippen LogP contribution in [-0.4, -0.2) is 22.9 Å². The number of rotatable bonds is 3. The third-order valence-electron chi connectivity index (χ3n) is 4.30. The maximum atomic E-state index is 10.5. The van der Waals surface area contributed by atoms with E-state index in [1.807, 2.05) is 6.92 Å². The molecule has 3 fully saturated rings. The van der Waals surface area contributed by atoms with E-state index in [9.17, 15) is 5.11 Å². The third-order valence-corrected chi connectivity index (χ3v) is 4.30. The van der Waals surface area contributed by atoms with Crippen LogP contribution in [-0.2, 0) is 4.74 Å². The third kappa shape index (κ3) is 1.49. The van der Waals surface area contributed by atoms with Crippen molar-refractivity contribution in [3.8, 4) is 0 Å². The molecule has 0 radical (unpaired) electrons. The van der Waals surface area contributed by atoms with E-state index in [-0.39, 0.29) is 0 Å². The van der Waals surface area contributed by atoms with Crippen LogP contribution in [0.25, 0.3) is 0 Å². The van der Waals surface area contributed by atoms with Crippen molar-refractivity contribution < 1.29 is 9.84 Å². The fraction of sp³-hybridized carbons (Fsp3) is 1.00. The summed E-state index contributed by atoms with van der Waals surface area (Å²) in [5.74, 6) is 1.23. The Balaban J connectivity index is 1.68. The van der Waals surface area contributed by atoms with Crippen LogP contribution in [0.4, 0.5) is 0 Å². The van der Waals surface area contributed by atoms with E-state index >= 15 is 0 Å². The Bertz CT molecular complexity index is 232. The average molecular weight is 196 g/mol. The highest BCUT2D eigenvalue weighted by atomic mass is 16.5. The van der Waals surface area contributed by atoms with Crippen LogP contribution < -0.4 is 0 Å². The minimum absolute atomic E-state index is 0.369. The first-order valence-electron chi connectivity index (χ1n) is 6.03. The van der Waals surface area contributed by atoms with Crippen molar-refractivity contribution in [2.24, 2.45) is 11.8 Å². The van der Waals surface area contributed by atoms with E-state index in [0.29, 0.717) is 18.1 Å². The first kappa shape index (κ1) is 9.17. The van der Waals surface area contributed by atoms with Gasteiger partial charge in [-0.15, -0.1) is 0 Å². The predicted molar refractivity (Wildman–Crippen MR) is 54.0 cm³/mol. The van der Waals surface area contributed by atoms with Gasteiger partial charge in [0.2, 0.25) is 0 Å². The van der Waals surface area contributed by atoms with Crippen molar-refractivity contribution in [3.63, 3.8) is 0 Å². The van der Waals surface area contributed by atoms with Gasteiger partial charge < -0.3 is 9.84 Å². The first-order valence-corrected chi connectivity index (χ1v) is 6.03. The van der Waals surface area contributed by atoms with Gasteiger partial charge in [0.15, 0.2) is 0 Å². The van der Waals surface area contributed by atoms with Crippen molar-refractivity contribution in [2.45, 2.75) is 63.3 Å². The van der Waals surface area contributed by atoms with E-state index < -0.39 is 5.60 Å². The molecule has 1 saturated carbocycles. The second-order valence-electron chi connectivity index (χ2n) is 5.72. The Kier molecular flexibility index (Phi) is 1.94. The van der Waals surface area contributed by atoms with Gasteiger partial charge in [0, 0.05) is 5.92 Å². The van der Waals surface area contributed by atoms with Gasteiger partial charge in [-0.3, -0.25) is 0 Å². The second-order valence-corrected chi connectivity index (χ2v) is 5.72. The molecule has 0 amide bonds. The molecular weight excluding hydrogens is 176 g/mol. The van der Waals surface area contributed by atoms with Crippen LogP contribution in [0, 0.1) is 11.8 Å². The topological polar surface area (TPSA) is 29.5 Å². The number of hydrogen-bond acceptors (Lipinski definition) is 2. The maximum absolute atomic E-state index is 10.5. The van der Waals surface area contributed by atoms with E-state index in [4.69, 9.17) is 4.74 Å². The monoisotopic (exact) mass is 196 g/mol. The molecule has 3 aliphatic rings. The summed E-state index contributed by atoms with van der Waals surface area (Å²) in [7, 11) is 0. The molecule has 14 heavy (non-hydrogen) atoms. The second kappa shape index (κ2) is 2.96. The summed E-state index contributed by atoms with van der Waals surface area (Å²) in [6, 6.07) is 0. The highest BCUT2D eigenvalue weighted by molar-refractivity contribution is 4.99. The highest BCUT2D eigenvalue weighted by Crippen LogP contribution is 2.48. The Morgan fingerprint density at radius 1 is 1.29 bits per heavy atom. The molecule has 2 aliphatic heterocycles. The molecule has 2 nitrogen and oxygen atoms in total. The molecule has 80 valence electrons. The molecule has 1 aliphatic carbocycles. The van der Waals surface area contributed by atoms with E-state index in [1.54, 1.807) is 0 Å². The lowest BCUT2D eigenvalue weighted by Gasteiger charge is -2.34. The molecule has 0 spiro atoms. The van der Waals surface area contributed by atoms with Crippen LogP contribution in [0.5, 0.6) is 0 Å². The molecule has 0 aromatic heterocycles. The van der Waals surface area contributed by atoms with Gasteiger partial charge in [-0.25, -0.2) is 0 Å². The number of hydrogen-bond donors (Lipinski definition) is 1. The van der Waals surface area contributed by atoms with Crippen LogP contribution in [0.1, 0.15) is 45.4 Å². The molecule has 2 bridgehead atoms. The molecule has 4 unspecified atom stereocenters. The van der Waals surface area contributed by atoms with Gasteiger partial charge in [-0.2, -0.15) is 0 Å². The lowest BCUT2D eigenvalue weighted by molar-refractivity contribution is -0.0413. The molecule has 1 N–H and O–H groups in total. The zero-order valence-corrected chi connectivity index (χ0v) is 8.91. The minimum atomic E-state index is -0.457. The van der Waals surface area contributed by atoms with Gasteiger partial charge in [0.1, 0.15) is 0 Å². The van der Waals surface area contributed by atoms with Crippen molar-refractivity contribution >= 4 is 0 Å². The molecule has 2 saturated heterocycles. The Labute approximate surface area is 85.6 Å². The van der Waals surface area contributed by atoms with Crippen LogP contribution in [0.15, 0.2) is 0 Å². The van der Waals surface area contributed by atoms with Crippen molar-refractivity contribution in [2.75, 3.05) is 0 Å². The molecule has 3 rings (SSSR count). The van der Waals surface area contributed by atoms with Gasteiger partial charge in [0.05, 0.1) is 17.8 Å². The number of ether oxygens (including phenoxy) is 1. The quantitative estimate of drug-likeness (QED) is 0.749. The SMILES string of the molecule is CC(O)(CC1CC1)C1CC2CCC1O2. The van der Waals surface area contributed by atoms with Gasteiger partial charge >= 0.3 is 0 Å². The first-order chi connectivity index (χ1) is 6.65. The van der Waals surface area contributed by atoms with Crippen molar-refractivity contribution in [1.29, 1.82) is 0 Å². The maximum Gasteiger partial charge on any atom is 0.0676 e. The van der Waals surface area contributed by atoms with Crippen LogP contribution in [0.2, 0.25) is 0 Å². The lowest BCUT2D eigenvalue weighted by atomic mass is 9.75. The lowest BCUT2D eigenvalue weighted by Crippen LogP contribution is -2.40. The summed E-state index contributed by atoms with van der Waals surface area (Å²) in [6.07, 6.45) is 8.01.